The lowest BCUT2D eigenvalue weighted by atomic mass is 9.89. The molecule has 1 saturated heterocycles. The summed E-state index contributed by atoms with van der Waals surface area (Å²) in [7, 11) is 3.76. The molecule has 2 aromatic rings. The summed E-state index contributed by atoms with van der Waals surface area (Å²) in [5, 5.41) is 16.3. The number of imide groups is 1. The van der Waals surface area contributed by atoms with Crippen molar-refractivity contribution in [3.8, 4) is 0 Å². The number of benzene rings is 2. The summed E-state index contributed by atoms with van der Waals surface area (Å²) in [6, 6.07) is 7.31. The van der Waals surface area contributed by atoms with E-state index in [-0.39, 0.29) is 105 Å². The fraction of sp³-hybridized carbons (Fsp3) is 0.627. The van der Waals surface area contributed by atoms with Crippen LogP contribution in [0.1, 0.15) is 118 Å². The Bertz CT molecular complexity index is 3090. The van der Waals surface area contributed by atoms with Gasteiger partial charge in [0.25, 0.3) is 17.7 Å². The highest BCUT2D eigenvalue weighted by molar-refractivity contribution is 7.89. The first-order valence-electron chi connectivity index (χ1n) is 32.9. The van der Waals surface area contributed by atoms with Gasteiger partial charge in [-0.1, -0.05) is 111 Å². The van der Waals surface area contributed by atoms with Gasteiger partial charge in [-0.05, 0) is 86.7 Å². The predicted octanol–water partition coefficient (Wildman–Crippen LogP) is 2.35. The molecule has 0 spiro atoms. The van der Waals surface area contributed by atoms with Gasteiger partial charge in [-0.2, -0.15) is 0 Å². The van der Waals surface area contributed by atoms with Crippen LogP contribution in [0.4, 0.5) is 10.5 Å². The minimum atomic E-state index is -4.46. The lowest BCUT2D eigenvalue weighted by molar-refractivity contribution is -0.148. The van der Waals surface area contributed by atoms with Crippen molar-refractivity contribution in [2.24, 2.45) is 35.3 Å². The minimum Gasteiger partial charge on any atom is -0.379 e. The molecule has 96 heavy (non-hydrogen) atoms. The fourth-order valence-corrected chi connectivity index (χ4v) is 13.2. The Balaban J connectivity index is 1.44. The van der Waals surface area contributed by atoms with E-state index in [2.05, 4.69) is 36.6 Å². The van der Waals surface area contributed by atoms with Crippen LogP contribution in [0.3, 0.4) is 0 Å². The quantitative estimate of drug-likeness (QED) is 0.0351. The van der Waals surface area contributed by atoms with Crippen molar-refractivity contribution >= 4 is 80.8 Å². The summed E-state index contributed by atoms with van der Waals surface area (Å²) in [4.78, 5) is 153. The molecular formula is C67H104N12O16S. The number of amides is 12. The maximum Gasteiger partial charge on any atom is 0.312 e. The molecule has 11 atom stereocenters. The van der Waals surface area contributed by atoms with Crippen LogP contribution in [0, 0.1) is 29.6 Å². The summed E-state index contributed by atoms with van der Waals surface area (Å²) >= 11 is 0. The van der Waals surface area contributed by atoms with Crippen molar-refractivity contribution in [1.29, 1.82) is 0 Å². The second-order valence-corrected chi connectivity index (χ2v) is 27.7. The van der Waals surface area contributed by atoms with Crippen molar-refractivity contribution in [3.63, 3.8) is 0 Å². The van der Waals surface area contributed by atoms with Crippen molar-refractivity contribution in [3.05, 3.63) is 77.9 Å². The third-order valence-corrected chi connectivity index (χ3v) is 18.6. The molecule has 12 amide bonds. The van der Waals surface area contributed by atoms with Gasteiger partial charge in [0.05, 0.1) is 68.2 Å². The van der Waals surface area contributed by atoms with E-state index in [9.17, 15) is 61.2 Å². The Morgan fingerprint density at radius 2 is 1.33 bits per heavy atom. The Morgan fingerprint density at radius 3 is 1.90 bits per heavy atom. The topological polar surface area (TPSA) is 373 Å². The van der Waals surface area contributed by atoms with Crippen LogP contribution in [0.2, 0.25) is 0 Å². The molecule has 4 rings (SSSR count). The molecule has 9 N–H and O–H groups in total. The van der Waals surface area contributed by atoms with E-state index in [0.717, 1.165) is 17.1 Å². The molecule has 0 aliphatic carbocycles. The van der Waals surface area contributed by atoms with E-state index in [1.54, 1.807) is 68.0 Å². The summed E-state index contributed by atoms with van der Waals surface area (Å²) < 4.78 is 47.3. The number of nitrogens with one attached hydrogen (secondary N) is 7. The number of hydrogen-bond acceptors (Lipinski definition) is 17. The molecule has 2 aliphatic heterocycles. The SMILES string of the molecule is CC[C@H](C)[C@@H]([C@@H](CC(=O)N1CCC[C@H]1[C@H](OC)[C@@H](C)C(=O)N[C@@H](Cc1ccccc1)C(=O)NS(=O)(=O)Cc1ccc(NC(=O)[C@H](CCCNC(N)=O)NC(=O)[C@@H](NC(=O)CCOCCN2C(=O)C=CC2=O)C(C)C)cc1)OC)N(C)C(=O)[C@@H](NC(=O)[C@H](C(C)C)N(C)C)C(C)C. The number of methoxy groups -OCH3 is 2. The number of anilines is 1. The normalized spacial score (nSPS) is 17.2. The summed E-state index contributed by atoms with van der Waals surface area (Å²) in [6.07, 6.45) is 2.15. The number of sulfonamides is 1. The Hall–Kier alpha value is -7.86. The van der Waals surface area contributed by atoms with Crippen LogP contribution in [-0.4, -0.2) is 216 Å². The molecule has 29 heteroatoms. The van der Waals surface area contributed by atoms with Crippen molar-refractivity contribution in [1.82, 2.24) is 50.9 Å². The zero-order chi connectivity index (χ0) is 71.7. The van der Waals surface area contributed by atoms with E-state index >= 15 is 0 Å². The smallest absolute Gasteiger partial charge is 0.312 e. The fourth-order valence-electron chi connectivity index (χ4n) is 12.1. The molecular weight excluding hydrogens is 1260 g/mol. The third kappa shape index (κ3) is 24.3. The molecule has 0 aromatic heterocycles. The van der Waals surface area contributed by atoms with Crippen LogP contribution in [0.15, 0.2) is 66.7 Å². The number of nitrogens with zero attached hydrogens (tertiary/aromatic N) is 4. The molecule has 2 aliphatic rings. The number of carbonyl (C=O) groups excluding carboxylic acids is 11. The molecule has 1 fully saturated rings. The van der Waals surface area contributed by atoms with E-state index in [1.165, 1.54) is 38.5 Å². The first kappa shape index (κ1) is 80.6. The monoisotopic (exact) mass is 1360 g/mol. The second-order valence-electron chi connectivity index (χ2n) is 25.9. The average Bonchev–Trinajstić information content (AvgIpc) is 1.25. The summed E-state index contributed by atoms with van der Waals surface area (Å²) in [5.41, 5.74) is 6.24. The molecule has 0 bridgehead atoms. The summed E-state index contributed by atoms with van der Waals surface area (Å²) in [5.74, 6) is -7.96. The van der Waals surface area contributed by atoms with E-state index in [1.807, 2.05) is 60.5 Å². The van der Waals surface area contributed by atoms with Crippen LogP contribution >= 0.6 is 0 Å². The van der Waals surface area contributed by atoms with Gasteiger partial charge in [0.2, 0.25) is 51.4 Å². The van der Waals surface area contributed by atoms with Crippen LogP contribution in [0.5, 0.6) is 0 Å². The van der Waals surface area contributed by atoms with Crippen LogP contribution in [-0.2, 0) is 84.4 Å². The zero-order valence-corrected chi connectivity index (χ0v) is 59.0. The first-order chi connectivity index (χ1) is 45.2. The molecule has 28 nitrogen and oxygen atoms in total. The Morgan fingerprint density at radius 1 is 0.708 bits per heavy atom. The summed E-state index contributed by atoms with van der Waals surface area (Å²) in [6.45, 7) is 16.9. The lowest BCUT2D eigenvalue weighted by Crippen LogP contribution is -2.59. The van der Waals surface area contributed by atoms with Gasteiger partial charge in [0, 0.05) is 65.0 Å². The lowest BCUT2D eigenvalue weighted by Gasteiger charge is -2.41. The van der Waals surface area contributed by atoms with Gasteiger partial charge >= 0.3 is 6.03 Å². The van der Waals surface area contributed by atoms with Crippen LogP contribution < -0.4 is 42.4 Å². The largest absolute Gasteiger partial charge is 0.379 e. The van der Waals surface area contributed by atoms with Gasteiger partial charge in [-0.3, -0.25) is 62.5 Å². The third-order valence-electron chi connectivity index (χ3n) is 17.4. The standard InChI is InChI=1S/C67H104N12O16S/c1-15-43(8)59(77(12)66(89)57(41(4)5)74-65(88)58(42(6)7)76(10)11)51(93-13)38-55(83)78-33-20-24-50(78)60(94-14)44(9)61(84)72-49(37-45-21-17-16-18-22-45)63(86)75-96(91,92)39-46-25-27-47(28-26-46)70-62(85)48(23-19-32-69-67(68)90)71-64(87)56(40(2)3)73-52(80)31-35-95-36-34-79-53(81)29-30-54(79)82/h16-18,21-22,25-30,40-44,48-51,56-60H,15,19-20,23-24,31-39H2,1-14H3,(H,70,85)(H,71,87)(H,72,84)(H,73,80)(H,74,88)(H,75,86)(H3,68,69,90)/t43-,44+,48-,49-,50-,51+,56-,57-,58-,59-,60+/m0/s1. The van der Waals surface area contributed by atoms with Crippen molar-refractivity contribution in [2.75, 3.05) is 73.5 Å². The molecule has 0 saturated carbocycles. The number of carbonyl (C=O) groups is 11. The van der Waals surface area contributed by atoms with Gasteiger partial charge in [-0.25, -0.2) is 13.2 Å². The Labute approximate surface area is 565 Å². The number of nitrogens with two attached hydrogens (primary N) is 1. The molecule has 534 valence electrons. The maximum atomic E-state index is 14.6. The van der Waals surface area contributed by atoms with Gasteiger partial charge in [0.15, 0.2) is 0 Å². The van der Waals surface area contributed by atoms with Gasteiger partial charge in [0.1, 0.15) is 24.2 Å². The van der Waals surface area contributed by atoms with Crippen molar-refractivity contribution < 1.29 is 75.4 Å². The maximum absolute atomic E-state index is 14.6. The molecule has 0 unspecified atom stereocenters. The molecule has 2 heterocycles. The number of likely N-dealkylation sites (tertiary alicyclic amines) is 1. The van der Waals surface area contributed by atoms with Crippen molar-refractivity contribution in [2.45, 2.75) is 174 Å². The molecule has 2 aromatic carbocycles. The highest BCUT2D eigenvalue weighted by Crippen LogP contribution is 2.30. The zero-order valence-electron chi connectivity index (χ0n) is 58.1. The predicted molar refractivity (Wildman–Crippen MR) is 360 cm³/mol. The van der Waals surface area contributed by atoms with Gasteiger partial charge < -0.3 is 61.6 Å². The minimum absolute atomic E-state index is 0.00469. The number of urea groups is 1. The van der Waals surface area contributed by atoms with Crippen LogP contribution in [0.25, 0.3) is 0 Å². The van der Waals surface area contributed by atoms with E-state index in [4.69, 9.17) is 19.9 Å². The Kier molecular flexibility index (Phi) is 32.5. The average molecular weight is 1370 g/mol. The highest BCUT2D eigenvalue weighted by Gasteiger charge is 2.44. The highest BCUT2D eigenvalue weighted by atomic mass is 32.2. The number of rotatable bonds is 40. The first-order valence-corrected chi connectivity index (χ1v) is 34.5. The van der Waals surface area contributed by atoms with E-state index in [0.29, 0.717) is 31.4 Å². The number of ether oxygens (including phenoxy) is 3. The number of hydrogen-bond donors (Lipinski definition) is 8. The molecule has 0 radical (unpaired) electrons. The second kappa shape index (κ2) is 38.8. The van der Waals surface area contributed by atoms with Gasteiger partial charge in [-0.15, -0.1) is 0 Å². The van der Waals surface area contributed by atoms with E-state index < -0.39 is 129 Å². The number of likely N-dealkylation sites (N-methyl/N-ethyl adjacent to an activating group) is 2. The number of primary amides is 1.